The van der Waals surface area contributed by atoms with Crippen LogP contribution in [0.4, 0.5) is 5.82 Å². The summed E-state index contributed by atoms with van der Waals surface area (Å²) in [5.41, 5.74) is -1.60. The Balaban J connectivity index is 1.33. The molecule has 236 valence electrons. The Morgan fingerprint density at radius 1 is 0.783 bits per heavy atom. The van der Waals surface area contributed by atoms with Gasteiger partial charge in [0, 0.05) is 11.8 Å². The van der Waals surface area contributed by atoms with Gasteiger partial charge in [-0.1, -0.05) is 54.6 Å². The molecule has 0 spiro atoms. The van der Waals surface area contributed by atoms with Crippen LogP contribution in [0, 0.1) is 0 Å². The zero-order valence-electron chi connectivity index (χ0n) is 25.0. The van der Waals surface area contributed by atoms with Crippen LogP contribution in [-0.2, 0) is 29.4 Å². The first-order chi connectivity index (χ1) is 22.1. The van der Waals surface area contributed by atoms with Crippen molar-refractivity contribution in [1.82, 2.24) is 9.55 Å². The molecule has 4 atom stereocenters. The second-order valence-electron chi connectivity index (χ2n) is 11.2. The first-order valence-electron chi connectivity index (χ1n) is 14.6. The highest BCUT2D eigenvalue weighted by atomic mass is 16.8. The summed E-state index contributed by atoms with van der Waals surface area (Å²) < 4.78 is 31.4. The first kappa shape index (κ1) is 30.8. The van der Waals surface area contributed by atoms with Crippen molar-refractivity contribution in [2.24, 2.45) is 0 Å². The van der Waals surface area contributed by atoms with E-state index in [4.69, 9.17) is 23.7 Å². The Bertz CT molecular complexity index is 1780. The number of aromatic nitrogens is 2. The number of carbonyl (C=O) groups excluding carboxylic acids is 3. The maximum Gasteiger partial charge on any atom is 0.352 e. The van der Waals surface area contributed by atoms with Crippen LogP contribution >= 0.6 is 0 Å². The van der Waals surface area contributed by atoms with Crippen molar-refractivity contribution in [3.8, 4) is 0 Å². The smallest absolute Gasteiger partial charge is 0.352 e. The molecule has 1 aromatic heterocycles. The van der Waals surface area contributed by atoms with Crippen molar-refractivity contribution in [3.63, 3.8) is 0 Å². The Labute approximate surface area is 263 Å². The van der Waals surface area contributed by atoms with Gasteiger partial charge in [-0.2, -0.15) is 4.98 Å². The molecule has 6 rings (SSSR count). The van der Waals surface area contributed by atoms with Crippen LogP contribution in [0.2, 0.25) is 0 Å². The monoisotopic (exact) mass is 625 g/mol. The predicted octanol–water partition coefficient (Wildman–Crippen LogP) is 3.78. The molecule has 0 radical (unpaired) electrons. The largest absolute Gasteiger partial charge is 0.459 e. The van der Waals surface area contributed by atoms with E-state index in [0.29, 0.717) is 11.1 Å². The third-order valence-electron chi connectivity index (χ3n) is 7.59. The maximum absolute atomic E-state index is 13.7. The molecule has 0 unspecified atom stereocenters. The number of anilines is 1. The maximum atomic E-state index is 13.7. The summed E-state index contributed by atoms with van der Waals surface area (Å²) in [6.45, 7) is 2.66. The number of rotatable bonds is 9. The van der Waals surface area contributed by atoms with Crippen LogP contribution in [0.25, 0.3) is 0 Å². The van der Waals surface area contributed by atoms with Gasteiger partial charge < -0.3 is 29.0 Å². The van der Waals surface area contributed by atoms with Crippen LogP contribution in [0.15, 0.2) is 108 Å². The molecule has 4 aromatic rings. The van der Waals surface area contributed by atoms with E-state index >= 15 is 0 Å². The van der Waals surface area contributed by atoms with Gasteiger partial charge in [-0.15, -0.1) is 0 Å². The number of esters is 2. The minimum Gasteiger partial charge on any atom is -0.459 e. The molecule has 46 heavy (non-hydrogen) atoms. The molecular formula is C34H31N3O9. The normalized spacial score (nSPS) is 22.9. The van der Waals surface area contributed by atoms with Gasteiger partial charge in [0.2, 0.25) is 5.72 Å². The molecular weight excluding hydrogens is 594 g/mol. The molecule has 2 aliphatic heterocycles. The quantitative estimate of drug-likeness (QED) is 0.273. The van der Waals surface area contributed by atoms with E-state index in [2.05, 4.69) is 10.3 Å². The number of hydrogen-bond donors (Lipinski definition) is 1. The van der Waals surface area contributed by atoms with E-state index in [9.17, 15) is 19.2 Å². The number of nitrogens with zero attached hydrogens (tertiary/aromatic N) is 2. The number of nitrogens with one attached hydrogen (secondary N) is 1. The van der Waals surface area contributed by atoms with E-state index in [-0.39, 0.29) is 18.0 Å². The van der Waals surface area contributed by atoms with Gasteiger partial charge in [-0.05, 0) is 56.3 Å². The average molecular weight is 626 g/mol. The fourth-order valence-corrected chi connectivity index (χ4v) is 5.50. The van der Waals surface area contributed by atoms with E-state index in [0.717, 1.165) is 4.57 Å². The highest BCUT2D eigenvalue weighted by Gasteiger charge is 2.65. The van der Waals surface area contributed by atoms with Gasteiger partial charge in [-0.25, -0.2) is 14.4 Å². The van der Waals surface area contributed by atoms with E-state index in [1.165, 1.54) is 12.3 Å². The van der Waals surface area contributed by atoms with Crippen LogP contribution in [-0.4, -0.2) is 64.7 Å². The topological polar surface area (TPSA) is 144 Å². The predicted molar refractivity (Wildman–Crippen MR) is 163 cm³/mol. The highest BCUT2D eigenvalue weighted by Crippen LogP contribution is 2.46. The lowest BCUT2D eigenvalue weighted by molar-refractivity contribution is -0.244. The fraction of sp³-hybridized carbons (Fsp3) is 0.265. The molecule has 12 nitrogen and oxygen atoms in total. The molecule has 0 aliphatic carbocycles. The molecule has 2 fully saturated rings. The SMILES string of the molecule is CC1(C)O[C@H]2[C@@H](O1)[C@](COC(=O)c1ccccc1)(n1ccc(NC(=O)c3ccccc3)nc1=O)O[C@@H]2COC(=O)c1ccccc1. The van der Waals surface area contributed by atoms with Gasteiger partial charge in [0.15, 0.2) is 5.79 Å². The van der Waals surface area contributed by atoms with Crippen LogP contribution < -0.4 is 11.0 Å². The third-order valence-corrected chi connectivity index (χ3v) is 7.59. The lowest BCUT2D eigenvalue weighted by Crippen LogP contribution is -2.54. The summed E-state index contributed by atoms with van der Waals surface area (Å²) in [4.78, 5) is 56.3. The lowest BCUT2D eigenvalue weighted by atomic mass is 10.0. The van der Waals surface area contributed by atoms with E-state index in [1.807, 2.05) is 0 Å². The van der Waals surface area contributed by atoms with Gasteiger partial charge in [0.05, 0.1) is 11.1 Å². The van der Waals surface area contributed by atoms with Crippen molar-refractivity contribution in [3.05, 3.63) is 130 Å². The molecule has 0 bridgehead atoms. The summed E-state index contributed by atoms with van der Waals surface area (Å²) in [7, 11) is 0. The van der Waals surface area contributed by atoms with Crippen LogP contribution in [0.5, 0.6) is 0 Å². The summed E-state index contributed by atoms with van der Waals surface area (Å²) >= 11 is 0. The lowest BCUT2D eigenvalue weighted by Gasteiger charge is -2.35. The number of ether oxygens (including phenoxy) is 5. The van der Waals surface area contributed by atoms with Crippen molar-refractivity contribution < 1.29 is 38.1 Å². The number of carbonyl (C=O) groups is 3. The van der Waals surface area contributed by atoms with Crippen LogP contribution in [0.1, 0.15) is 44.9 Å². The Morgan fingerprint density at radius 3 is 1.93 bits per heavy atom. The zero-order valence-corrected chi connectivity index (χ0v) is 25.0. The Morgan fingerprint density at radius 2 is 1.35 bits per heavy atom. The van der Waals surface area contributed by atoms with Gasteiger partial charge >= 0.3 is 17.6 Å². The first-order valence-corrected chi connectivity index (χ1v) is 14.6. The van der Waals surface area contributed by atoms with Crippen molar-refractivity contribution in [2.45, 2.75) is 43.7 Å². The summed E-state index contributed by atoms with van der Waals surface area (Å²) in [6, 6.07) is 26.7. The number of hydrogen-bond acceptors (Lipinski definition) is 10. The second kappa shape index (κ2) is 12.7. The molecule has 3 heterocycles. The molecule has 1 N–H and O–H groups in total. The summed E-state index contributed by atoms with van der Waals surface area (Å²) in [6.07, 6.45) is -1.40. The second-order valence-corrected chi connectivity index (χ2v) is 11.2. The van der Waals surface area contributed by atoms with Gasteiger partial charge in [-0.3, -0.25) is 9.36 Å². The van der Waals surface area contributed by atoms with Crippen molar-refractivity contribution >= 4 is 23.7 Å². The van der Waals surface area contributed by atoms with Crippen molar-refractivity contribution in [2.75, 3.05) is 18.5 Å². The minimum absolute atomic E-state index is 0.00154. The molecule has 1 amide bonds. The standard InChI is InChI=1S/C34H31N3O9/c1-33(2)45-27-25(20-42-30(39)23-14-8-4-9-15-23)44-34(28(27)46-33,21-43-31(40)24-16-10-5-11-17-24)37-19-18-26(36-32(37)41)35-29(38)22-12-6-3-7-13-22/h3-19,25,27-28H,20-21H2,1-2H3,(H,35,36,38,41)/t25-,27-,28-,34-/m1/s1. The third kappa shape index (κ3) is 6.31. The molecule has 3 aromatic carbocycles. The van der Waals surface area contributed by atoms with E-state index < -0.39 is 60.0 Å². The number of benzene rings is 3. The zero-order chi connectivity index (χ0) is 32.3. The summed E-state index contributed by atoms with van der Waals surface area (Å²) in [5, 5.41) is 2.61. The number of amides is 1. The fourth-order valence-electron chi connectivity index (χ4n) is 5.50. The number of fused-ring (bicyclic) bond motifs is 1. The van der Waals surface area contributed by atoms with Crippen LogP contribution in [0.3, 0.4) is 0 Å². The molecule has 0 saturated carbocycles. The Kier molecular flexibility index (Phi) is 8.50. The van der Waals surface area contributed by atoms with E-state index in [1.54, 1.807) is 105 Å². The highest BCUT2D eigenvalue weighted by molar-refractivity contribution is 6.03. The molecule has 2 saturated heterocycles. The average Bonchev–Trinajstić information content (AvgIpc) is 3.54. The van der Waals surface area contributed by atoms with Gasteiger partial charge in [0.25, 0.3) is 5.91 Å². The Hall–Kier alpha value is -5.17. The summed E-state index contributed by atoms with van der Waals surface area (Å²) in [5.74, 6) is -2.83. The van der Waals surface area contributed by atoms with Gasteiger partial charge in [0.1, 0.15) is 37.3 Å². The minimum atomic E-state index is -1.79. The molecule has 2 aliphatic rings. The van der Waals surface area contributed by atoms with Crippen molar-refractivity contribution in [1.29, 1.82) is 0 Å². The molecule has 12 heteroatoms.